The number of carbonyl (C=O) groups is 1. The second-order valence-corrected chi connectivity index (χ2v) is 4.69. The smallest absolute Gasteiger partial charge is 0.339 e. The summed E-state index contributed by atoms with van der Waals surface area (Å²) in [7, 11) is 0. The molecule has 1 N–H and O–H groups in total. The molecule has 0 atom stereocenters. The van der Waals surface area contributed by atoms with E-state index < -0.39 is 5.97 Å². The second-order valence-electron chi connectivity index (χ2n) is 4.69. The van der Waals surface area contributed by atoms with Crippen LogP contribution in [-0.4, -0.2) is 16.1 Å². The summed E-state index contributed by atoms with van der Waals surface area (Å²) in [6, 6.07) is 4.88. The van der Waals surface area contributed by atoms with Crippen LogP contribution in [-0.2, 0) is 0 Å². The maximum Gasteiger partial charge on any atom is 0.339 e. The minimum atomic E-state index is -1.03. The standard InChI is InChI=1S/C15H13NO4/c1-7-8(2)19-9(3)12(7)14-16-11-6-4-5-10(15(17)18)13(11)20-14/h4-6H,1-3H3,(H,17,18). The van der Waals surface area contributed by atoms with Gasteiger partial charge in [0.05, 0.1) is 5.56 Å². The summed E-state index contributed by atoms with van der Waals surface area (Å²) in [5.41, 5.74) is 2.66. The van der Waals surface area contributed by atoms with Crippen molar-refractivity contribution in [3.8, 4) is 11.5 Å². The van der Waals surface area contributed by atoms with Gasteiger partial charge >= 0.3 is 5.97 Å². The third kappa shape index (κ3) is 1.71. The highest BCUT2D eigenvalue weighted by Crippen LogP contribution is 2.33. The molecule has 20 heavy (non-hydrogen) atoms. The van der Waals surface area contributed by atoms with Crippen LogP contribution >= 0.6 is 0 Å². The van der Waals surface area contributed by atoms with Gasteiger partial charge in [0.2, 0.25) is 5.89 Å². The summed E-state index contributed by atoms with van der Waals surface area (Å²) < 4.78 is 11.2. The molecule has 5 heteroatoms. The number of fused-ring (bicyclic) bond motifs is 1. The van der Waals surface area contributed by atoms with Gasteiger partial charge in [-0.3, -0.25) is 0 Å². The van der Waals surface area contributed by atoms with Crippen molar-refractivity contribution in [3.05, 3.63) is 40.8 Å². The van der Waals surface area contributed by atoms with E-state index in [4.69, 9.17) is 13.9 Å². The van der Waals surface area contributed by atoms with Crippen LogP contribution in [0.25, 0.3) is 22.6 Å². The van der Waals surface area contributed by atoms with Crippen molar-refractivity contribution in [2.75, 3.05) is 0 Å². The number of carboxylic acid groups (broad SMARTS) is 1. The monoisotopic (exact) mass is 271 g/mol. The topological polar surface area (TPSA) is 76.5 Å². The van der Waals surface area contributed by atoms with Crippen LogP contribution < -0.4 is 0 Å². The Balaban J connectivity index is 2.29. The first-order chi connectivity index (χ1) is 9.49. The molecule has 0 spiro atoms. The summed E-state index contributed by atoms with van der Waals surface area (Å²) in [5.74, 6) is 0.873. The lowest BCUT2D eigenvalue weighted by Crippen LogP contribution is -1.95. The Morgan fingerprint density at radius 3 is 2.50 bits per heavy atom. The number of rotatable bonds is 2. The molecule has 0 bridgehead atoms. The van der Waals surface area contributed by atoms with E-state index in [2.05, 4.69) is 4.98 Å². The molecule has 2 heterocycles. The van der Waals surface area contributed by atoms with Crippen molar-refractivity contribution in [1.29, 1.82) is 0 Å². The van der Waals surface area contributed by atoms with Gasteiger partial charge in [0.1, 0.15) is 22.6 Å². The van der Waals surface area contributed by atoms with Crippen LogP contribution in [0, 0.1) is 20.8 Å². The number of aromatic nitrogens is 1. The molecule has 0 radical (unpaired) electrons. The molecule has 1 aromatic carbocycles. The second kappa shape index (κ2) is 4.23. The third-order valence-corrected chi connectivity index (χ3v) is 3.42. The zero-order valence-corrected chi connectivity index (χ0v) is 11.4. The Hall–Kier alpha value is -2.56. The summed E-state index contributed by atoms with van der Waals surface area (Å²) in [5, 5.41) is 9.17. The van der Waals surface area contributed by atoms with E-state index in [1.165, 1.54) is 6.07 Å². The Morgan fingerprint density at radius 1 is 1.15 bits per heavy atom. The lowest BCUT2D eigenvalue weighted by atomic mass is 10.1. The van der Waals surface area contributed by atoms with Crippen LogP contribution in [0.2, 0.25) is 0 Å². The third-order valence-electron chi connectivity index (χ3n) is 3.42. The average Bonchev–Trinajstić information content (AvgIpc) is 2.90. The lowest BCUT2D eigenvalue weighted by molar-refractivity contribution is 0.0698. The molecular weight excluding hydrogens is 258 g/mol. The minimum Gasteiger partial charge on any atom is -0.478 e. The van der Waals surface area contributed by atoms with Gasteiger partial charge < -0.3 is 13.9 Å². The maximum absolute atomic E-state index is 11.2. The fourth-order valence-corrected chi connectivity index (χ4v) is 2.33. The van der Waals surface area contributed by atoms with Gasteiger partial charge in [-0.25, -0.2) is 9.78 Å². The van der Waals surface area contributed by atoms with Crippen LogP contribution in [0.15, 0.2) is 27.0 Å². The van der Waals surface area contributed by atoms with Crippen LogP contribution in [0.5, 0.6) is 0 Å². The number of hydrogen-bond donors (Lipinski definition) is 1. The zero-order valence-electron chi connectivity index (χ0n) is 11.4. The summed E-state index contributed by atoms with van der Waals surface area (Å²) in [4.78, 5) is 15.6. The van der Waals surface area contributed by atoms with E-state index in [9.17, 15) is 4.79 Å². The quantitative estimate of drug-likeness (QED) is 0.768. The van der Waals surface area contributed by atoms with E-state index >= 15 is 0 Å². The Bertz CT molecular complexity index is 826. The minimum absolute atomic E-state index is 0.108. The van der Waals surface area contributed by atoms with Crippen molar-refractivity contribution in [2.45, 2.75) is 20.8 Å². The van der Waals surface area contributed by atoms with Gasteiger partial charge in [0.15, 0.2) is 5.58 Å². The molecule has 0 amide bonds. The molecule has 0 fully saturated rings. The van der Waals surface area contributed by atoms with Gasteiger partial charge in [-0.2, -0.15) is 0 Å². The number of furan rings is 1. The first-order valence-electron chi connectivity index (χ1n) is 6.19. The number of benzene rings is 1. The molecule has 0 saturated carbocycles. The number of aryl methyl sites for hydroxylation is 2. The molecule has 102 valence electrons. The molecule has 3 aromatic rings. The molecule has 0 saturated heterocycles. The average molecular weight is 271 g/mol. The van der Waals surface area contributed by atoms with Crippen molar-refractivity contribution in [3.63, 3.8) is 0 Å². The molecule has 2 aromatic heterocycles. The molecule has 0 aliphatic heterocycles. The van der Waals surface area contributed by atoms with Crippen LogP contribution in [0.1, 0.15) is 27.4 Å². The number of hydrogen-bond acceptors (Lipinski definition) is 4. The summed E-state index contributed by atoms with van der Waals surface area (Å²) in [6.07, 6.45) is 0. The first-order valence-corrected chi connectivity index (χ1v) is 6.19. The molecule has 5 nitrogen and oxygen atoms in total. The van der Waals surface area contributed by atoms with Gasteiger partial charge in [-0.15, -0.1) is 0 Å². The molecule has 0 aliphatic carbocycles. The highest BCUT2D eigenvalue weighted by atomic mass is 16.4. The molecule has 3 rings (SSSR count). The van der Waals surface area contributed by atoms with E-state index in [0.717, 1.165) is 16.9 Å². The SMILES string of the molecule is Cc1oc(C)c(-c2nc3cccc(C(=O)O)c3o2)c1C. The van der Waals surface area contributed by atoms with Gasteiger partial charge in [-0.05, 0) is 32.9 Å². The number of aromatic carboxylic acids is 1. The van der Waals surface area contributed by atoms with Gasteiger partial charge in [0.25, 0.3) is 0 Å². The fourth-order valence-electron chi connectivity index (χ4n) is 2.33. The Morgan fingerprint density at radius 2 is 1.90 bits per heavy atom. The van der Waals surface area contributed by atoms with Crippen LogP contribution in [0.4, 0.5) is 0 Å². The zero-order chi connectivity index (χ0) is 14.4. The van der Waals surface area contributed by atoms with Crippen LogP contribution in [0.3, 0.4) is 0 Å². The maximum atomic E-state index is 11.2. The van der Waals surface area contributed by atoms with E-state index in [1.807, 2.05) is 20.8 Å². The summed E-state index contributed by atoms with van der Waals surface area (Å²) >= 11 is 0. The molecular formula is C15H13NO4. The van der Waals surface area contributed by atoms with Crippen molar-refractivity contribution >= 4 is 17.1 Å². The van der Waals surface area contributed by atoms with Gasteiger partial charge in [0, 0.05) is 5.56 Å². The van der Waals surface area contributed by atoms with Crippen molar-refractivity contribution in [2.24, 2.45) is 0 Å². The fraction of sp³-hybridized carbons (Fsp3) is 0.200. The van der Waals surface area contributed by atoms with Gasteiger partial charge in [-0.1, -0.05) is 6.07 Å². The number of para-hydroxylation sites is 1. The highest BCUT2D eigenvalue weighted by Gasteiger charge is 2.21. The number of nitrogens with zero attached hydrogens (tertiary/aromatic N) is 1. The molecule has 0 unspecified atom stereocenters. The number of carboxylic acids is 1. The Kier molecular flexibility index (Phi) is 2.64. The Labute approximate surface area is 114 Å². The lowest BCUT2D eigenvalue weighted by Gasteiger charge is -1.94. The van der Waals surface area contributed by atoms with E-state index in [1.54, 1.807) is 12.1 Å². The van der Waals surface area contributed by atoms with Crippen molar-refractivity contribution in [1.82, 2.24) is 4.98 Å². The number of oxazole rings is 1. The predicted octanol–water partition coefficient (Wildman–Crippen LogP) is 3.71. The first kappa shape index (κ1) is 12.5. The molecule has 0 aliphatic rings. The van der Waals surface area contributed by atoms with E-state index in [0.29, 0.717) is 17.2 Å². The highest BCUT2D eigenvalue weighted by molar-refractivity contribution is 6.00. The normalized spacial score (nSPS) is 11.2. The summed E-state index contributed by atoms with van der Waals surface area (Å²) in [6.45, 7) is 5.63. The van der Waals surface area contributed by atoms with Crippen molar-refractivity contribution < 1.29 is 18.7 Å². The predicted molar refractivity (Wildman–Crippen MR) is 72.9 cm³/mol. The largest absolute Gasteiger partial charge is 0.478 e. The van der Waals surface area contributed by atoms with E-state index in [-0.39, 0.29) is 11.1 Å².